The fraction of sp³-hybridized carbons (Fsp3) is 1.00. The van der Waals surface area contributed by atoms with Gasteiger partial charge in [-0.1, -0.05) is 70.6 Å². The van der Waals surface area contributed by atoms with E-state index in [9.17, 15) is 0 Å². The molecule has 0 aromatic carbocycles. The van der Waals surface area contributed by atoms with Crippen molar-refractivity contribution in [2.45, 2.75) is 102 Å². The van der Waals surface area contributed by atoms with Crippen molar-refractivity contribution in [1.82, 2.24) is 5.32 Å². The Morgan fingerprint density at radius 3 is 1.70 bits per heavy atom. The average molecular weight is 283 g/mol. The van der Waals surface area contributed by atoms with Crippen molar-refractivity contribution in [3.8, 4) is 0 Å². The van der Waals surface area contributed by atoms with Gasteiger partial charge < -0.3 is 11.1 Å². The van der Waals surface area contributed by atoms with Crippen LogP contribution in [-0.2, 0) is 0 Å². The van der Waals surface area contributed by atoms with Crippen LogP contribution in [0, 0.1) is 0 Å². The minimum absolute atomic E-state index is 0.795. The zero-order valence-corrected chi connectivity index (χ0v) is 13.7. The Morgan fingerprint density at radius 1 is 0.650 bits per heavy atom. The maximum atomic E-state index is 5.53. The maximum Gasteiger partial charge on any atom is 0.00670 e. The highest BCUT2D eigenvalue weighted by molar-refractivity contribution is 4.68. The summed E-state index contributed by atoms with van der Waals surface area (Å²) in [6.45, 7) is 2.07. The van der Waals surface area contributed by atoms with Crippen molar-refractivity contribution in [1.29, 1.82) is 0 Å². The smallest absolute Gasteiger partial charge is 0.00670 e. The first-order chi connectivity index (χ1) is 9.93. The second-order valence-corrected chi connectivity index (χ2v) is 6.61. The molecule has 1 saturated carbocycles. The SMILES string of the molecule is NCCCCCCNC1CCCCCCCCCCC1. The lowest BCUT2D eigenvalue weighted by Gasteiger charge is -2.19. The lowest BCUT2D eigenvalue weighted by molar-refractivity contribution is 0.399. The van der Waals surface area contributed by atoms with Crippen molar-refractivity contribution >= 4 is 0 Å². The summed E-state index contributed by atoms with van der Waals surface area (Å²) in [5.74, 6) is 0. The van der Waals surface area contributed by atoms with Crippen LogP contribution in [0.1, 0.15) is 96.3 Å². The highest BCUT2D eigenvalue weighted by Gasteiger charge is 2.08. The second kappa shape index (κ2) is 13.9. The van der Waals surface area contributed by atoms with E-state index in [1.54, 1.807) is 0 Å². The molecule has 0 radical (unpaired) electrons. The topological polar surface area (TPSA) is 38.0 Å². The van der Waals surface area contributed by atoms with E-state index in [0.717, 1.165) is 12.6 Å². The number of hydrogen-bond acceptors (Lipinski definition) is 2. The van der Waals surface area contributed by atoms with E-state index in [4.69, 9.17) is 5.73 Å². The van der Waals surface area contributed by atoms with Gasteiger partial charge in [-0.05, 0) is 38.8 Å². The van der Waals surface area contributed by atoms with Crippen molar-refractivity contribution in [2.24, 2.45) is 5.73 Å². The summed E-state index contributed by atoms with van der Waals surface area (Å²) in [5, 5.41) is 3.82. The average Bonchev–Trinajstić information content (AvgIpc) is 2.45. The molecule has 0 heterocycles. The van der Waals surface area contributed by atoms with Gasteiger partial charge in [0.1, 0.15) is 0 Å². The van der Waals surface area contributed by atoms with Gasteiger partial charge in [0.25, 0.3) is 0 Å². The van der Waals surface area contributed by atoms with Crippen LogP contribution >= 0.6 is 0 Å². The third kappa shape index (κ3) is 10.7. The molecule has 0 bridgehead atoms. The second-order valence-electron chi connectivity index (χ2n) is 6.61. The zero-order valence-electron chi connectivity index (χ0n) is 13.7. The molecule has 1 rings (SSSR count). The fourth-order valence-electron chi connectivity index (χ4n) is 3.30. The van der Waals surface area contributed by atoms with Crippen molar-refractivity contribution in [3.63, 3.8) is 0 Å². The molecule has 20 heavy (non-hydrogen) atoms. The maximum absolute atomic E-state index is 5.53. The molecule has 0 unspecified atom stereocenters. The molecule has 3 N–H and O–H groups in total. The molecule has 0 aromatic rings. The summed E-state index contributed by atoms with van der Waals surface area (Å²) in [6.07, 6.45) is 21.1. The Balaban J connectivity index is 2.08. The highest BCUT2D eigenvalue weighted by Crippen LogP contribution is 2.17. The first kappa shape index (κ1) is 18.0. The van der Waals surface area contributed by atoms with Crippen molar-refractivity contribution < 1.29 is 0 Å². The van der Waals surface area contributed by atoms with Gasteiger partial charge in [-0.3, -0.25) is 0 Å². The van der Waals surface area contributed by atoms with Crippen LogP contribution in [0.2, 0.25) is 0 Å². The van der Waals surface area contributed by atoms with Crippen molar-refractivity contribution in [2.75, 3.05) is 13.1 Å². The van der Waals surface area contributed by atoms with Crippen LogP contribution in [0.4, 0.5) is 0 Å². The Kier molecular flexibility index (Phi) is 12.5. The van der Waals surface area contributed by atoms with E-state index >= 15 is 0 Å². The van der Waals surface area contributed by atoms with Gasteiger partial charge >= 0.3 is 0 Å². The molecule has 0 saturated heterocycles. The van der Waals surface area contributed by atoms with Crippen LogP contribution in [0.15, 0.2) is 0 Å². The summed E-state index contributed by atoms with van der Waals surface area (Å²) in [6, 6.07) is 0.795. The molecule has 0 atom stereocenters. The third-order valence-corrected chi connectivity index (χ3v) is 4.67. The van der Waals surface area contributed by atoms with Gasteiger partial charge in [-0.25, -0.2) is 0 Å². The van der Waals surface area contributed by atoms with Crippen molar-refractivity contribution in [3.05, 3.63) is 0 Å². The predicted molar refractivity (Wildman–Crippen MR) is 90.1 cm³/mol. The molecular weight excluding hydrogens is 244 g/mol. The normalized spacial score (nSPS) is 20.2. The van der Waals surface area contributed by atoms with E-state index in [1.165, 1.54) is 103 Å². The molecule has 0 spiro atoms. The van der Waals surface area contributed by atoms with Gasteiger partial charge in [0.05, 0.1) is 0 Å². The molecule has 120 valence electrons. The van der Waals surface area contributed by atoms with Gasteiger partial charge in [0.15, 0.2) is 0 Å². The Morgan fingerprint density at radius 2 is 1.15 bits per heavy atom. The molecule has 0 aromatic heterocycles. The zero-order chi connectivity index (χ0) is 14.3. The number of nitrogens with two attached hydrogens (primary N) is 1. The van der Waals surface area contributed by atoms with Crippen LogP contribution in [0.3, 0.4) is 0 Å². The molecule has 1 aliphatic carbocycles. The Labute approximate surface area is 127 Å². The molecule has 2 nitrogen and oxygen atoms in total. The van der Waals surface area contributed by atoms with E-state index in [2.05, 4.69) is 5.32 Å². The van der Waals surface area contributed by atoms with E-state index in [1.807, 2.05) is 0 Å². The first-order valence-corrected chi connectivity index (χ1v) is 9.37. The monoisotopic (exact) mass is 282 g/mol. The summed E-state index contributed by atoms with van der Waals surface area (Å²) in [5.41, 5.74) is 5.53. The van der Waals surface area contributed by atoms with E-state index < -0.39 is 0 Å². The number of unbranched alkanes of at least 4 members (excludes halogenated alkanes) is 3. The van der Waals surface area contributed by atoms with E-state index in [-0.39, 0.29) is 0 Å². The quantitative estimate of drug-likeness (QED) is 0.660. The summed E-state index contributed by atoms with van der Waals surface area (Å²) in [4.78, 5) is 0. The summed E-state index contributed by atoms with van der Waals surface area (Å²) >= 11 is 0. The molecule has 0 amide bonds. The number of nitrogens with one attached hydrogen (secondary N) is 1. The minimum atomic E-state index is 0.795. The number of hydrogen-bond donors (Lipinski definition) is 2. The van der Waals surface area contributed by atoms with Crippen LogP contribution in [0.25, 0.3) is 0 Å². The summed E-state index contributed by atoms with van der Waals surface area (Å²) < 4.78 is 0. The molecule has 2 heteroatoms. The highest BCUT2D eigenvalue weighted by atomic mass is 14.9. The lowest BCUT2D eigenvalue weighted by Crippen LogP contribution is -2.30. The first-order valence-electron chi connectivity index (χ1n) is 9.37. The molecular formula is C18H38N2. The molecule has 0 aliphatic heterocycles. The van der Waals surface area contributed by atoms with Crippen LogP contribution < -0.4 is 11.1 Å². The third-order valence-electron chi connectivity index (χ3n) is 4.67. The van der Waals surface area contributed by atoms with Gasteiger partial charge in [0, 0.05) is 6.04 Å². The van der Waals surface area contributed by atoms with Gasteiger partial charge in [-0.15, -0.1) is 0 Å². The van der Waals surface area contributed by atoms with Gasteiger partial charge in [0.2, 0.25) is 0 Å². The molecule has 1 fully saturated rings. The Bertz CT molecular complexity index is 182. The molecule has 1 aliphatic rings. The predicted octanol–water partition coefficient (Wildman–Crippen LogP) is 4.77. The largest absolute Gasteiger partial charge is 0.330 e. The van der Waals surface area contributed by atoms with Crippen LogP contribution in [-0.4, -0.2) is 19.1 Å². The van der Waals surface area contributed by atoms with Crippen LogP contribution in [0.5, 0.6) is 0 Å². The summed E-state index contributed by atoms with van der Waals surface area (Å²) in [7, 11) is 0. The Hall–Kier alpha value is -0.0800. The fourth-order valence-corrected chi connectivity index (χ4v) is 3.30. The lowest BCUT2D eigenvalue weighted by atomic mass is 9.98. The minimum Gasteiger partial charge on any atom is -0.330 e. The van der Waals surface area contributed by atoms with E-state index in [0.29, 0.717) is 0 Å². The number of rotatable bonds is 7. The standard InChI is InChI=1S/C18H38N2/c19-16-12-8-9-13-17-20-18-14-10-6-4-2-1-3-5-7-11-15-18/h18,20H,1-17,19H2. The van der Waals surface area contributed by atoms with Gasteiger partial charge in [-0.2, -0.15) is 0 Å².